The van der Waals surface area contributed by atoms with Crippen LogP contribution in [0.3, 0.4) is 0 Å². The third kappa shape index (κ3) is 2.08. The summed E-state index contributed by atoms with van der Waals surface area (Å²) < 4.78 is 1.02. The van der Waals surface area contributed by atoms with E-state index in [9.17, 15) is 0 Å². The molecule has 0 saturated heterocycles. The molecule has 0 aliphatic carbocycles. The highest BCUT2D eigenvalue weighted by atomic mass is 79.9. The van der Waals surface area contributed by atoms with Crippen LogP contribution in [0.5, 0.6) is 0 Å². The quantitative estimate of drug-likeness (QED) is 0.772. The van der Waals surface area contributed by atoms with Crippen LogP contribution >= 0.6 is 27.3 Å². The Hall–Kier alpha value is -0.800. The highest BCUT2D eigenvalue weighted by Crippen LogP contribution is 2.35. The predicted octanol–water partition coefficient (Wildman–Crippen LogP) is 4.38. The fraction of sp³-hybridized carbons (Fsp3) is 0.167. The van der Waals surface area contributed by atoms with Crippen molar-refractivity contribution in [3.63, 3.8) is 0 Å². The maximum atomic E-state index is 6.01. The molecule has 0 radical (unpaired) electrons. The largest absolute Gasteiger partial charge is 0.398 e. The van der Waals surface area contributed by atoms with Crippen molar-refractivity contribution in [2.75, 3.05) is 5.73 Å². The molecule has 78 valence electrons. The number of hydrogen-bond acceptors (Lipinski definition) is 2. The van der Waals surface area contributed by atoms with E-state index < -0.39 is 0 Å². The minimum Gasteiger partial charge on any atom is -0.398 e. The molecule has 0 fully saturated rings. The minimum atomic E-state index is 0.824. The zero-order chi connectivity index (χ0) is 11.0. The van der Waals surface area contributed by atoms with Crippen molar-refractivity contribution in [2.24, 2.45) is 0 Å². The Bertz CT molecular complexity index is 502. The first-order chi connectivity index (χ1) is 7.08. The van der Waals surface area contributed by atoms with Crippen LogP contribution in [0, 0.1) is 13.8 Å². The van der Waals surface area contributed by atoms with E-state index in [1.54, 1.807) is 0 Å². The van der Waals surface area contributed by atoms with Crippen LogP contribution in [-0.4, -0.2) is 0 Å². The molecule has 3 heteroatoms. The summed E-state index contributed by atoms with van der Waals surface area (Å²) in [5.74, 6) is 0. The molecule has 0 amide bonds. The Morgan fingerprint density at radius 2 is 1.87 bits per heavy atom. The number of rotatable bonds is 1. The van der Waals surface area contributed by atoms with Gasteiger partial charge in [0.1, 0.15) is 0 Å². The number of hydrogen-bond donors (Lipinski definition) is 1. The van der Waals surface area contributed by atoms with Gasteiger partial charge in [-0.05, 0) is 37.6 Å². The number of benzene rings is 1. The summed E-state index contributed by atoms with van der Waals surface area (Å²) in [5, 5.41) is 0. The van der Waals surface area contributed by atoms with E-state index in [1.165, 1.54) is 15.3 Å². The van der Waals surface area contributed by atoms with Crippen molar-refractivity contribution in [3.8, 4) is 11.1 Å². The summed E-state index contributed by atoms with van der Waals surface area (Å²) in [7, 11) is 0. The molecule has 0 atom stereocenters. The van der Waals surface area contributed by atoms with Crippen LogP contribution < -0.4 is 5.73 Å². The lowest BCUT2D eigenvalue weighted by Crippen LogP contribution is -1.89. The maximum absolute atomic E-state index is 6.01. The fourth-order valence-electron chi connectivity index (χ4n) is 1.68. The number of halogens is 1. The lowest BCUT2D eigenvalue weighted by Gasteiger charge is -2.05. The molecular formula is C12H12BrNS. The standard InChI is InChI=1S/C12H12BrNS/c1-7-5-11(8(2)15-7)10-4-3-9(13)6-12(10)14/h3-6H,14H2,1-2H3. The van der Waals surface area contributed by atoms with Crippen LogP contribution in [0.25, 0.3) is 11.1 Å². The third-order valence-electron chi connectivity index (χ3n) is 2.34. The van der Waals surface area contributed by atoms with Gasteiger partial charge in [0.2, 0.25) is 0 Å². The molecule has 0 saturated carbocycles. The average molecular weight is 282 g/mol. The monoisotopic (exact) mass is 281 g/mol. The molecule has 0 bridgehead atoms. The normalized spacial score (nSPS) is 10.6. The number of thiophene rings is 1. The van der Waals surface area contributed by atoms with Crippen molar-refractivity contribution < 1.29 is 0 Å². The van der Waals surface area contributed by atoms with Gasteiger partial charge in [-0.3, -0.25) is 0 Å². The highest BCUT2D eigenvalue weighted by molar-refractivity contribution is 9.10. The minimum absolute atomic E-state index is 0.824. The molecule has 15 heavy (non-hydrogen) atoms. The Morgan fingerprint density at radius 3 is 2.40 bits per heavy atom. The first-order valence-corrected chi connectivity index (χ1v) is 6.31. The van der Waals surface area contributed by atoms with Gasteiger partial charge >= 0.3 is 0 Å². The topological polar surface area (TPSA) is 26.0 Å². The third-order valence-corrected chi connectivity index (χ3v) is 3.80. The molecule has 2 rings (SSSR count). The smallest absolute Gasteiger partial charge is 0.0405 e. The summed E-state index contributed by atoms with van der Waals surface area (Å²) >= 11 is 5.22. The molecule has 0 aliphatic heterocycles. The molecule has 1 aromatic carbocycles. The van der Waals surface area contributed by atoms with Crippen molar-refractivity contribution in [3.05, 3.63) is 38.5 Å². The molecule has 1 nitrogen and oxygen atoms in total. The second kappa shape index (κ2) is 3.99. The van der Waals surface area contributed by atoms with E-state index in [0.717, 1.165) is 15.7 Å². The summed E-state index contributed by atoms with van der Waals surface area (Å²) in [6, 6.07) is 8.23. The molecule has 1 aromatic heterocycles. The predicted molar refractivity (Wildman–Crippen MR) is 71.3 cm³/mol. The first kappa shape index (κ1) is 10.7. The molecular weight excluding hydrogens is 270 g/mol. The SMILES string of the molecule is Cc1cc(-c2ccc(Br)cc2N)c(C)s1. The maximum Gasteiger partial charge on any atom is 0.0405 e. The van der Waals surface area contributed by atoms with E-state index >= 15 is 0 Å². The van der Waals surface area contributed by atoms with Gasteiger partial charge in [0.05, 0.1) is 0 Å². The van der Waals surface area contributed by atoms with Crippen LogP contribution in [0.4, 0.5) is 5.69 Å². The lowest BCUT2D eigenvalue weighted by atomic mass is 10.0. The van der Waals surface area contributed by atoms with E-state index in [0.29, 0.717) is 0 Å². The van der Waals surface area contributed by atoms with E-state index in [1.807, 2.05) is 23.5 Å². The van der Waals surface area contributed by atoms with Crippen molar-refractivity contribution in [2.45, 2.75) is 13.8 Å². The van der Waals surface area contributed by atoms with Crippen molar-refractivity contribution >= 4 is 33.0 Å². The van der Waals surface area contributed by atoms with Crippen LogP contribution in [0.15, 0.2) is 28.7 Å². The van der Waals surface area contributed by atoms with Gasteiger partial charge in [-0.15, -0.1) is 11.3 Å². The van der Waals surface area contributed by atoms with Gasteiger partial charge in [-0.1, -0.05) is 22.0 Å². The Morgan fingerprint density at radius 1 is 1.13 bits per heavy atom. The zero-order valence-corrected chi connectivity index (χ0v) is 11.1. The summed E-state index contributed by atoms with van der Waals surface area (Å²) in [6.07, 6.45) is 0. The van der Waals surface area contributed by atoms with Gasteiger partial charge in [0.25, 0.3) is 0 Å². The zero-order valence-electron chi connectivity index (χ0n) is 8.67. The summed E-state index contributed by atoms with van der Waals surface area (Å²) in [4.78, 5) is 2.64. The van der Waals surface area contributed by atoms with E-state index in [2.05, 4.69) is 41.9 Å². The van der Waals surface area contributed by atoms with Gasteiger partial charge in [-0.2, -0.15) is 0 Å². The summed E-state index contributed by atoms with van der Waals surface area (Å²) in [6.45, 7) is 4.25. The van der Waals surface area contributed by atoms with Gasteiger partial charge in [0.15, 0.2) is 0 Å². The van der Waals surface area contributed by atoms with Crippen molar-refractivity contribution in [1.29, 1.82) is 0 Å². The van der Waals surface area contributed by atoms with Gasteiger partial charge < -0.3 is 5.73 Å². The second-order valence-corrected chi connectivity index (χ2v) is 5.93. The van der Waals surface area contributed by atoms with Crippen LogP contribution in [0.2, 0.25) is 0 Å². The van der Waals surface area contributed by atoms with Crippen LogP contribution in [0.1, 0.15) is 9.75 Å². The number of aryl methyl sites for hydroxylation is 2. The fourth-order valence-corrected chi connectivity index (χ4v) is 2.99. The Kier molecular flexibility index (Phi) is 2.85. The molecule has 2 aromatic rings. The summed E-state index contributed by atoms with van der Waals surface area (Å²) in [5.41, 5.74) is 9.21. The Labute approximate surface area is 102 Å². The second-order valence-electron chi connectivity index (χ2n) is 3.56. The molecule has 1 heterocycles. The first-order valence-electron chi connectivity index (χ1n) is 4.70. The van der Waals surface area contributed by atoms with Crippen molar-refractivity contribution in [1.82, 2.24) is 0 Å². The van der Waals surface area contributed by atoms with E-state index in [4.69, 9.17) is 5.73 Å². The molecule has 0 unspecified atom stereocenters. The van der Waals surface area contributed by atoms with E-state index in [-0.39, 0.29) is 0 Å². The van der Waals surface area contributed by atoms with Gasteiger partial charge in [-0.25, -0.2) is 0 Å². The van der Waals surface area contributed by atoms with Gasteiger partial charge in [0, 0.05) is 25.5 Å². The number of nitrogens with two attached hydrogens (primary N) is 1. The number of anilines is 1. The molecule has 2 N–H and O–H groups in total. The molecule has 0 spiro atoms. The number of nitrogen functional groups attached to an aromatic ring is 1. The average Bonchev–Trinajstić information content (AvgIpc) is 2.45. The highest BCUT2D eigenvalue weighted by Gasteiger charge is 2.08. The Balaban J connectivity index is 2.59. The van der Waals surface area contributed by atoms with Crippen LogP contribution in [-0.2, 0) is 0 Å². The lowest BCUT2D eigenvalue weighted by molar-refractivity contribution is 1.55. The molecule has 0 aliphatic rings.